The van der Waals surface area contributed by atoms with Crippen LogP contribution in [0.15, 0.2) is 18.3 Å². The summed E-state index contributed by atoms with van der Waals surface area (Å²) in [5, 5.41) is 11.6. The fraction of sp³-hybridized carbons (Fsp3) is 0.467. The third kappa shape index (κ3) is 4.55. The number of hydrogen-bond donors (Lipinski definition) is 2. The molecule has 1 amide bonds. The van der Waals surface area contributed by atoms with Gasteiger partial charge in [-0.15, -0.1) is 0 Å². The predicted molar refractivity (Wildman–Crippen MR) is 80.6 cm³/mol. The van der Waals surface area contributed by atoms with Gasteiger partial charge in [0.25, 0.3) is 5.91 Å². The zero-order valence-electron chi connectivity index (χ0n) is 11.3. The highest BCUT2D eigenvalue weighted by molar-refractivity contribution is 7.99. The van der Waals surface area contributed by atoms with Crippen LogP contribution in [0.5, 0.6) is 0 Å². The van der Waals surface area contributed by atoms with Crippen LogP contribution in [0, 0.1) is 17.8 Å². The van der Waals surface area contributed by atoms with E-state index in [2.05, 4.69) is 22.1 Å². The third-order valence-corrected chi connectivity index (χ3v) is 4.27. The first kappa shape index (κ1) is 14.9. The number of aliphatic hydroxyl groups excluding tert-OH is 1. The molecule has 1 unspecified atom stereocenters. The number of pyridine rings is 1. The van der Waals surface area contributed by atoms with Crippen molar-refractivity contribution >= 4 is 17.7 Å². The fourth-order valence-electron chi connectivity index (χ4n) is 1.89. The Kier molecular flexibility index (Phi) is 5.90. The largest absolute Gasteiger partial charge is 0.395 e. The lowest BCUT2D eigenvalue weighted by Gasteiger charge is -2.09. The molecule has 20 heavy (non-hydrogen) atoms. The molecule has 2 N–H and O–H groups in total. The van der Waals surface area contributed by atoms with Crippen LogP contribution in [-0.2, 0) is 0 Å². The maximum atomic E-state index is 11.9. The highest BCUT2D eigenvalue weighted by Gasteiger charge is 2.16. The standard InChI is InChI=1S/C15H18N2O2S/c18-7-2-1-3-12-4-5-14(16-9-12)15(19)17-10-13-6-8-20-11-13/h4-5,9,13,18H,2,6-8,10-11H2,(H,17,19). The zero-order valence-corrected chi connectivity index (χ0v) is 12.1. The normalized spacial score (nSPS) is 17.4. The number of aliphatic hydroxyl groups is 1. The summed E-state index contributed by atoms with van der Waals surface area (Å²) in [5.74, 6) is 8.49. The van der Waals surface area contributed by atoms with E-state index in [4.69, 9.17) is 5.11 Å². The summed E-state index contributed by atoms with van der Waals surface area (Å²) >= 11 is 1.94. The van der Waals surface area contributed by atoms with Crippen molar-refractivity contribution < 1.29 is 9.90 Å². The summed E-state index contributed by atoms with van der Waals surface area (Å²) < 4.78 is 0. The van der Waals surface area contributed by atoms with E-state index in [-0.39, 0.29) is 12.5 Å². The second-order valence-corrected chi connectivity index (χ2v) is 5.80. The van der Waals surface area contributed by atoms with Crippen molar-refractivity contribution in [2.75, 3.05) is 24.7 Å². The highest BCUT2D eigenvalue weighted by atomic mass is 32.2. The molecule has 1 aliphatic rings. The molecular formula is C15H18N2O2S. The van der Waals surface area contributed by atoms with Gasteiger partial charge in [0.05, 0.1) is 6.61 Å². The van der Waals surface area contributed by atoms with Crippen molar-refractivity contribution in [3.05, 3.63) is 29.6 Å². The summed E-state index contributed by atoms with van der Waals surface area (Å²) in [6, 6.07) is 3.46. The minimum atomic E-state index is -0.128. The molecule has 5 heteroatoms. The van der Waals surface area contributed by atoms with E-state index in [1.807, 2.05) is 11.8 Å². The van der Waals surface area contributed by atoms with E-state index in [0.29, 0.717) is 18.0 Å². The molecule has 0 radical (unpaired) electrons. The summed E-state index contributed by atoms with van der Waals surface area (Å²) in [6.07, 6.45) is 3.21. The van der Waals surface area contributed by atoms with E-state index < -0.39 is 0 Å². The van der Waals surface area contributed by atoms with Gasteiger partial charge in [0.1, 0.15) is 5.69 Å². The lowest BCUT2D eigenvalue weighted by atomic mass is 10.1. The lowest BCUT2D eigenvalue weighted by molar-refractivity contribution is 0.0943. The van der Waals surface area contributed by atoms with Crippen molar-refractivity contribution in [3.63, 3.8) is 0 Å². The van der Waals surface area contributed by atoms with Crippen molar-refractivity contribution in [1.82, 2.24) is 10.3 Å². The van der Waals surface area contributed by atoms with Gasteiger partial charge >= 0.3 is 0 Å². The molecule has 2 rings (SSSR count). The Morgan fingerprint density at radius 2 is 2.45 bits per heavy atom. The van der Waals surface area contributed by atoms with E-state index in [1.165, 1.54) is 12.2 Å². The van der Waals surface area contributed by atoms with Crippen LogP contribution in [0.3, 0.4) is 0 Å². The van der Waals surface area contributed by atoms with E-state index >= 15 is 0 Å². The van der Waals surface area contributed by atoms with Crippen LogP contribution in [-0.4, -0.2) is 40.7 Å². The second kappa shape index (κ2) is 7.93. The van der Waals surface area contributed by atoms with E-state index in [0.717, 1.165) is 17.9 Å². The van der Waals surface area contributed by atoms with Gasteiger partial charge in [0, 0.05) is 24.7 Å². The molecule has 0 aromatic carbocycles. The Balaban J connectivity index is 1.85. The van der Waals surface area contributed by atoms with Gasteiger partial charge in [-0.2, -0.15) is 11.8 Å². The van der Waals surface area contributed by atoms with Crippen LogP contribution in [0.2, 0.25) is 0 Å². The maximum absolute atomic E-state index is 11.9. The first-order valence-corrected chi connectivity index (χ1v) is 7.87. The Bertz CT molecular complexity index is 499. The number of nitrogens with zero attached hydrogens (tertiary/aromatic N) is 1. The Morgan fingerprint density at radius 3 is 3.10 bits per heavy atom. The van der Waals surface area contributed by atoms with Gasteiger partial charge in [-0.05, 0) is 36.0 Å². The molecule has 106 valence electrons. The Hall–Kier alpha value is -1.51. The second-order valence-electron chi connectivity index (χ2n) is 4.65. The quantitative estimate of drug-likeness (QED) is 0.821. The number of thioether (sulfide) groups is 1. The van der Waals surface area contributed by atoms with Gasteiger partial charge in [-0.25, -0.2) is 4.98 Å². The van der Waals surface area contributed by atoms with Crippen LogP contribution < -0.4 is 5.32 Å². The fourth-order valence-corrected chi connectivity index (χ4v) is 3.18. The molecule has 0 saturated carbocycles. The smallest absolute Gasteiger partial charge is 0.269 e. The van der Waals surface area contributed by atoms with Gasteiger partial charge < -0.3 is 10.4 Å². The van der Waals surface area contributed by atoms with Gasteiger partial charge in [-0.3, -0.25) is 4.79 Å². The van der Waals surface area contributed by atoms with Crippen LogP contribution >= 0.6 is 11.8 Å². The Labute approximate surface area is 123 Å². The summed E-state index contributed by atoms with van der Waals surface area (Å²) in [4.78, 5) is 16.0. The van der Waals surface area contributed by atoms with Gasteiger partial charge in [-0.1, -0.05) is 11.8 Å². The van der Waals surface area contributed by atoms with Gasteiger partial charge in [0.2, 0.25) is 0 Å². The first-order valence-electron chi connectivity index (χ1n) is 6.71. The predicted octanol–water partition coefficient (Wildman–Crippen LogP) is 1.30. The van der Waals surface area contributed by atoms with Crippen LogP contribution in [0.4, 0.5) is 0 Å². The highest BCUT2D eigenvalue weighted by Crippen LogP contribution is 2.22. The molecule has 1 aromatic rings. The first-order chi connectivity index (χ1) is 9.79. The zero-order chi connectivity index (χ0) is 14.2. The average molecular weight is 290 g/mol. The number of hydrogen-bond acceptors (Lipinski definition) is 4. The van der Waals surface area contributed by atoms with Crippen molar-refractivity contribution in [2.24, 2.45) is 5.92 Å². The van der Waals surface area contributed by atoms with Gasteiger partial charge in [0.15, 0.2) is 0 Å². The number of carbonyl (C=O) groups excluding carboxylic acids is 1. The monoisotopic (exact) mass is 290 g/mol. The van der Waals surface area contributed by atoms with Crippen LogP contribution in [0.1, 0.15) is 28.9 Å². The molecule has 0 bridgehead atoms. The van der Waals surface area contributed by atoms with Crippen molar-refractivity contribution in [1.29, 1.82) is 0 Å². The average Bonchev–Trinajstić information content (AvgIpc) is 2.99. The SMILES string of the molecule is O=C(NCC1CCSC1)c1ccc(C#CCCO)cn1. The molecule has 1 atom stereocenters. The van der Waals surface area contributed by atoms with Crippen molar-refractivity contribution in [3.8, 4) is 11.8 Å². The minimum Gasteiger partial charge on any atom is -0.395 e. The Morgan fingerprint density at radius 1 is 1.55 bits per heavy atom. The third-order valence-electron chi connectivity index (χ3n) is 3.04. The molecule has 1 aromatic heterocycles. The van der Waals surface area contributed by atoms with E-state index in [9.17, 15) is 4.79 Å². The molecule has 1 saturated heterocycles. The van der Waals surface area contributed by atoms with Crippen molar-refractivity contribution in [2.45, 2.75) is 12.8 Å². The minimum absolute atomic E-state index is 0.0559. The number of nitrogens with one attached hydrogen (secondary N) is 1. The molecule has 1 fully saturated rings. The number of rotatable bonds is 4. The lowest BCUT2D eigenvalue weighted by Crippen LogP contribution is -2.29. The molecule has 4 nitrogen and oxygen atoms in total. The topological polar surface area (TPSA) is 62.2 Å². The van der Waals surface area contributed by atoms with E-state index in [1.54, 1.807) is 18.3 Å². The summed E-state index contributed by atoms with van der Waals surface area (Å²) in [5.41, 5.74) is 1.17. The number of aromatic nitrogens is 1. The molecule has 1 aliphatic heterocycles. The number of amides is 1. The summed E-state index contributed by atoms with van der Waals surface area (Å²) in [7, 11) is 0. The molecule has 0 aliphatic carbocycles. The molecular weight excluding hydrogens is 272 g/mol. The maximum Gasteiger partial charge on any atom is 0.269 e. The molecule has 2 heterocycles. The summed E-state index contributed by atoms with van der Waals surface area (Å²) in [6.45, 7) is 0.784. The van der Waals surface area contributed by atoms with Crippen LogP contribution in [0.25, 0.3) is 0 Å². The number of carbonyl (C=O) groups is 1. The molecule has 0 spiro atoms.